The van der Waals surface area contributed by atoms with E-state index >= 15 is 0 Å². The standard InChI is InChI=1S/C19H21F2NO/c1-22-8-7-16-15-6-5-14(23-2)9-12(15)3-4-13-10-18(20)19(21)11-17(13)16/h5-6,9-11,16,22H,3-4,7-8H2,1-2H3. The zero-order chi connectivity index (χ0) is 16.4. The van der Waals surface area contributed by atoms with Crippen molar-refractivity contribution in [1.29, 1.82) is 0 Å². The first-order valence-corrected chi connectivity index (χ1v) is 7.93. The summed E-state index contributed by atoms with van der Waals surface area (Å²) in [5.41, 5.74) is 4.19. The fourth-order valence-corrected chi connectivity index (χ4v) is 3.45. The number of hydrogen-bond donors (Lipinski definition) is 1. The molecule has 0 aromatic heterocycles. The van der Waals surface area contributed by atoms with Crippen LogP contribution in [0.5, 0.6) is 5.75 Å². The largest absolute Gasteiger partial charge is 0.497 e. The van der Waals surface area contributed by atoms with Crippen LogP contribution in [0.3, 0.4) is 0 Å². The van der Waals surface area contributed by atoms with Gasteiger partial charge in [0.2, 0.25) is 0 Å². The third-order valence-electron chi connectivity index (χ3n) is 4.63. The molecule has 0 fully saturated rings. The van der Waals surface area contributed by atoms with Crippen LogP contribution in [0.15, 0.2) is 30.3 Å². The van der Waals surface area contributed by atoms with Gasteiger partial charge in [-0.15, -0.1) is 0 Å². The number of hydrogen-bond acceptors (Lipinski definition) is 2. The van der Waals surface area contributed by atoms with Gasteiger partial charge in [0.1, 0.15) is 5.75 Å². The lowest BCUT2D eigenvalue weighted by Gasteiger charge is -2.21. The Bertz CT molecular complexity index is 715. The van der Waals surface area contributed by atoms with Gasteiger partial charge in [-0.3, -0.25) is 0 Å². The Labute approximate surface area is 135 Å². The number of nitrogens with one attached hydrogen (secondary N) is 1. The molecule has 0 saturated heterocycles. The first-order valence-electron chi connectivity index (χ1n) is 7.93. The minimum Gasteiger partial charge on any atom is -0.497 e. The highest BCUT2D eigenvalue weighted by atomic mass is 19.2. The first kappa shape index (κ1) is 15.9. The third kappa shape index (κ3) is 3.08. The normalized spacial score (nSPS) is 16.4. The van der Waals surface area contributed by atoms with E-state index in [0.29, 0.717) is 6.42 Å². The van der Waals surface area contributed by atoms with Crippen LogP contribution in [-0.4, -0.2) is 20.7 Å². The third-order valence-corrected chi connectivity index (χ3v) is 4.63. The van der Waals surface area contributed by atoms with Gasteiger partial charge in [0.05, 0.1) is 7.11 Å². The van der Waals surface area contributed by atoms with Crippen LogP contribution in [0, 0.1) is 11.6 Å². The maximum absolute atomic E-state index is 13.8. The molecule has 3 rings (SSSR count). The van der Waals surface area contributed by atoms with Gasteiger partial charge in [-0.2, -0.15) is 0 Å². The molecule has 0 bridgehead atoms. The summed E-state index contributed by atoms with van der Waals surface area (Å²) in [6.45, 7) is 0.814. The quantitative estimate of drug-likeness (QED) is 0.926. The first-order chi connectivity index (χ1) is 11.1. The fourth-order valence-electron chi connectivity index (χ4n) is 3.45. The van der Waals surface area contributed by atoms with Crippen LogP contribution in [0.25, 0.3) is 0 Å². The monoisotopic (exact) mass is 317 g/mol. The van der Waals surface area contributed by atoms with E-state index < -0.39 is 11.6 Å². The lowest BCUT2D eigenvalue weighted by atomic mass is 9.85. The van der Waals surface area contributed by atoms with E-state index in [1.807, 2.05) is 19.2 Å². The van der Waals surface area contributed by atoms with Gasteiger partial charge in [0.25, 0.3) is 0 Å². The van der Waals surface area contributed by atoms with Crippen molar-refractivity contribution in [3.63, 3.8) is 0 Å². The molecule has 0 amide bonds. The van der Waals surface area contributed by atoms with Crippen LogP contribution in [-0.2, 0) is 12.8 Å². The maximum atomic E-state index is 13.8. The van der Waals surface area contributed by atoms with Crippen molar-refractivity contribution >= 4 is 0 Å². The van der Waals surface area contributed by atoms with Crippen molar-refractivity contribution in [3.05, 3.63) is 64.2 Å². The molecule has 23 heavy (non-hydrogen) atoms. The van der Waals surface area contributed by atoms with E-state index in [1.165, 1.54) is 23.3 Å². The SMILES string of the molecule is CNCCC1c2ccc(OC)cc2CCc2cc(F)c(F)cc21. The van der Waals surface area contributed by atoms with Gasteiger partial charge >= 0.3 is 0 Å². The number of halogens is 2. The van der Waals surface area contributed by atoms with E-state index in [0.717, 1.165) is 36.3 Å². The highest BCUT2D eigenvalue weighted by molar-refractivity contribution is 5.47. The summed E-state index contributed by atoms with van der Waals surface area (Å²) >= 11 is 0. The summed E-state index contributed by atoms with van der Waals surface area (Å²) in [7, 11) is 3.55. The summed E-state index contributed by atoms with van der Waals surface area (Å²) in [6.07, 6.45) is 2.36. The predicted octanol–water partition coefficient (Wildman–Crippen LogP) is 3.81. The summed E-state index contributed by atoms with van der Waals surface area (Å²) in [5, 5.41) is 3.15. The van der Waals surface area contributed by atoms with Gasteiger partial charge < -0.3 is 10.1 Å². The highest BCUT2D eigenvalue weighted by Crippen LogP contribution is 2.38. The van der Waals surface area contributed by atoms with E-state index in [2.05, 4.69) is 11.4 Å². The second-order valence-corrected chi connectivity index (χ2v) is 5.97. The summed E-state index contributed by atoms with van der Waals surface area (Å²) in [4.78, 5) is 0. The molecule has 1 unspecified atom stereocenters. The molecule has 0 aliphatic heterocycles. The van der Waals surface area contributed by atoms with Gasteiger partial charge in [0.15, 0.2) is 11.6 Å². The molecule has 1 N–H and O–H groups in total. The molecular formula is C19H21F2NO. The topological polar surface area (TPSA) is 21.3 Å². The molecule has 1 atom stereocenters. The van der Waals surface area contributed by atoms with Crippen molar-refractivity contribution < 1.29 is 13.5 Å². The molecule has 0 heterocycles. The molecule has 2 aromatic rings. The Morgan fingerprint density at radius 3 is 2.43 bits per heavy atom. The Balaban J connectivity index is 2.12. The molecule has 0 spiro atoms. The Morgan fingerprint density at radius 1 is 1.04 bits per heavy atom. The lowest BCUT2D eigenvalue weighted by molar-refractivity contribution is 0.414. The van der Waals surface area contributed by atoms with Crippen LogP contribution in [0.2, 0.25) is 0 Å². The van der Waals surface area contributed by atoms with Crippen molar-refractivity contribution in [1.82, 2.24) is 5.32 Å². The molecule has 122 valence electrons. The van der Waals surface area contributed by atoms with E-state index in [9.17, 15) is 8.78 Å². The Hall–Kier alpha value is -1.94. The second kappa shape index (κ2) is 6.67. The van der Waals surface area contributed by atoms with Crippen molar-refractivity contribution in [2.75, 3.05) is 20.7 Å². The van der Waals surface area contributed by atoms with Crippen molar-refractivity contribution in [2.24, 2.45) is 0 Å². The highest BCUT2D eigenvalue weighted by Gasteiger charge is 2.25. The average Bonchev–Trinajstić information content (AvgIpc) is 2.70. The Morgan fingerprint density at radius 2 is 1.74 bits per heavy atom. The molecule has 0 saturated carbocycles. The maximum Gasteiger partial charge on any atom is 0.159 e. The summed E-state index contributed by atoms with van der Waals surface area (Å²) in [6, 6.07) is 8.78. The van der Waals surface area contributed by atoms with Gasteiger partial charge in [0, 0.05) is 5.92 Å². The Kier molecular flexibility index (Phi) is 4.62. The predicted molar refractivity (Wildman–Crippen MR) is 87.1 cm³/mol. The van der Waals surface area contributed by atoms with Gasteiger partial charge in [-0.05, 0) is 79.4 Å². The molecule has 2 nitrogen and oxygen atoms in total. The van der Waals surface area contributed by atoms with E-state index in [-0.39, 0.29) is 5.92 Å². The molecule has 1 aliphatic carbocycles. The van der Waals surface area contributed by atoms with E-state index in [1.54, 1.807) is 7.11 Å². The number of ether oxygens (including phenoxy) is 1. The molecule has 0 radical (unpaired) electrons. The lowest BCUT2D eigenvalue weighted by Crippen LogP contribution is -2.14. The number of fused-ring (bicyclic) bond motifs is 2. The second-order valence-electron chi connectivity index (χ2n) is 5.97. The fraction of sp³-hybridized carbons (Fsp3) is 0.368. The minimum atomic E-state index is -0.768. The number of rotatable bonds is 4. The molecule has 4 heteroatoms. The number of methoxy groups -OCH3 is 1. The van der Waals surface area contributed by atoms with Gasteiger partial charge in [-0.1, -0.05) is 6.07 Å². The molecular weight excluding hydrogens is 296 g/mol. The number of aryl methyl sites for hydroxylation is 2. The summed E-state index contributed by atoms with van der Waals surface area (Å²) < 4.78 is 32.8. The zero-order valence-electron chi connectivity index (χ0n) is 13.5. The smallest absolute Gasteiger partial charge is 0.159 e. The number of benzene rings is 2. The van der Waals surface area contributed by atoms with Crippen LogP contribution >= 0.6 is 0 Å². The van der Waals surface area contributed by atoms with Crippen LogP contribution in [0.4, 0.5) is 8.78 Å². The van der Waals surface area contributed by atoms with Crippen molar-refractivity contribution in [3.8, 4) is 5.75 Å². The minimum absolute atomic E-state index is 0.0657. The molecule has 2 aromatic carbocycles. The average molecular weight is 317 g/mol. The zero-order valence-corrected chi connectivity index (χ0v) is 13.5. The van der Waals surface area contributed by atoms with Crippen LogP contribution < -0.4 is 10.1 Å². The van der Waals surface area contributed by atoms with Crippen molar-refractivity contribution in [2.45, 2.75) is 25.2 Å². The van der Waals surface area contributed by atoms with Gasteiger partial charge in [-0.25, -0.2) is 8.78 Å². The molecule has 1 aliphatic rings. The van der Waals surface area contributed by atoms with Crippen LogP contribution in [0.1, 0.15) is 34.6 Å². The van der Waals surface area contributed by atoms with E-state index in [4.69, 9.17) is 4.74 Å². The summed E-state index contributed by atoms with van der Waals surface area (Å²) in [5.74, 6) is -0.648.